The predicted molar refractivity (Wildman–Crippen MR) is 130 cm³/mol. The maximum absolute atomic E-state index is 12.4. The summed E-state index contributed by atoms with van der Waals surface area (Å²) in [5.74, 6) is -0.222. The highest BCUT2D eigenvalue weighted by Gasteiger charge is 2.14. The lowest BCUT2D eigenvalue weighted by Gasteiger charge is -2.10. The number of hydrogen-bond donors (Lipinski definition) is 2. The van der Waals surface area contributed by atoms with Crippen LogP contribution < -0.4 is 10.6 Å². The maximum Gasteiger partial charge on any atom is 0.338 e. The second-order valence-electron chi connectivity index (χ2n) is 7.88. The van der Waals surface area contributed by atoms with Crippen molar-refractivity contribution < 1.29 is 19.1 Å². The third kappa shape index (κ3) is 6.92. The average Bonchev–Trinajstić information content (AvgIpc) is 3.15. The first-order valence-electron chi connectivity index (χ1n) is 10.7. The number of nitrogens with one attached hydrogen (secondary N) is 2. The Hall–Kier alpha value is -3.66. The molecule has 2 amide bonds. The van der Waals surface area contributed by atoms with Crippen LogP contribution in [-0.2, 0) is 23.1 Å². The number of ether oxygens (including phenoxy) is 1. The van der Waals surface area contributed by atoms with Crippen LogP contribution in [0.1, 0.15) is 46.0 Å². The summed E-state index contributed by atoms with van der Waals surface area (Å²) in [6.45, 7) is 5.69. The summed E-state index contributed by atoms with van der Waals surface area (Å²) >= 11 is 1.22. The fraction of sp³-hybridized carbons (Fsp3) is 0.292. The van der Waals surface area contributed by atoms with Gasteiger partial charge in [0.1, 0.15) is 0 Å². The van der Waals surface area contributed by atoms with Gasteiger partial charge < -0.3 is 19.9 Å². The van der Waals surface area contributed by atoms with Gasteiger partial charge in [0.25, 0.3) is 5.91 Å². The molecule has 2 aromatic carbocycles. The zero-order chi connectivity index (χ0) is 24.7. The lowest BCUT2D eigenvalue weighted by Crippen LogP contribution is -2.24. The molecular formula is C24H27N5O4S. The Labute approximate surface area is 202 Å². The van der Waals surface area contributed by atoms with E-state index in [1.54, 1.807) is 55.8 Å². The third-order valence-corrected chi connectivity index (χ3v) is 5.69. The first kappa shape index (κ1) is 25.0. The van der Waals surface area contributed by atoms with Gasteiger partial charge in [-0.05, 0) is 51.1 Å². The van der Waals surface area contributed by atoms with E-state index in [0.717, 1.165) is 5.56 Å². The molecule has 0 spiro atoms. The zero-order valence-electron chi connectivity index (χ0n) is 19.5. The summed E-state index contributed by atoms with van der Waals surface area (Å²) < 4.78 is 6.92. The van der Waals surface area contributed by atoms with E-state index in [1.807, 2.05) is 25.1 Å². The molecule has 0 bridgehead atoms. The Kier molecular flexibility index (Phi) is 8.42. The van der Waals surface area contributed by atoms with Crippen LogP contribution in [0.25, 0.3) is 0 Å². The van der Waals surface area contributed by atoms with Gasteiger partial charge in [0.2, 0.25) is 5.91 Å². The van der Waals surface area contributed by atoms with Crippen LogP contribution in [0.3, 0.4) is 0 Å². The molecule has 9 nitrogen and oxygen atoms in total. The predicted octanol–water partition coefficient (Wildman–Crippen LogP) is 3.35. The summed E-state index contributed by atoms with van der Waals surface area (Å²) in [7, 11) is 1.78. The van der Waals surface area contributed by atoms with Crippen molar-refractivity contribution in [3.63, 3.8) is 0 Å². The van der Waals surface area contributed by atoms with E-state index < -0.39 is 5.97 Å². The van der Waals surface area contributed by atoms with Gasteiger partial charge in [-0.25, -0.2) is 4.79 Å². The highest BCUT2D eigenvalue weighted by Crippen LogP contribution is 2.17. The lowest BCUT2D eigenvalue weighted by molar-refractivity contribution is -0.113. The summed E-state index contributed by atoms with van der Waals surface area (Å²) in [5.41, 5.74) is 2.45. The second kappa shape index (κ2) is 11.5. The summed E-state index contributed by atoms with van der Waals surface area (Å²) in [4.78, 5) is 36.8. The first-order chi connectivity index (χ1) is 16.2. The van der Waals surface area contributed by atoms with Crippen LogP contribution in [-0.4, -0.2) is 44.4 Å². The number of nitrogens with zero attached hydrogens (tertiary/aromatic N) is 3. The minimum Gasteiger partial charge on any atom is -0.459 e. The molecule has 0 saturated heterocycles. The van der Waals surface area contributed by atoms with Crippen molar-refractivity contribution in [2.75, 3.05) is 11.1 Å². The monoisotopic (exact) mass is 481 g/mol. The van der Waals surface area contributed by atoms with E-state index in [2.05, 4.69) is 20.8 Å². The minimum absolute atomic E-state index is 0.0995. The number of carbonyl (C=O) groups is 3. The Morgan fingerprint density at radius 3 is 2.53 bits per heavy atom. The standard InChI is InChI=1S/C24H27N5O4S/c1-15(2)33-23(32)18-9-6-10-19(12-18)26-21(30)14-34-24-28-27-20(29(24)4)13-25-22(31)17-8-5-7-16(3)11-17/h5-12,15H,13-14H2,1-4H3,(H,25,31)(H,26,30). The number of benzene rings is 2. The number of anilines is 1. The van der Waals surface area contributed by atoms with Gasteiger partial charge >= 0.3 is 5.97 Å². The van der Waals surface area contributed by atoms with E-state index in [4.69, 9.17) is 4.74 Å². The lowest BCUT2D eigenvalue weighted by atomic mass is 10.1. The van der Waals surface area contributed by atoms with E-state index in [1.165, 1.54) is 11.8 Å². The Morgan fingerprint density at radius 1 is 1.06 bits per heavy atom. The maximum atomic E-state index is 12.4. The largest absolute Gasteiger partial charge is 0.459 e. The molecule has 0 aliphatic rings. The number of aromatic nitrogens is 3. The molecule has 3 rings (SSSR count). The van der Waals surface area contributed by atoms with Crippen molar-refractivity contribution in [3.05, 3.63) is 71.0 Å². The van der Waals surface area contributed by atoms with Gasteiger partial charge in [0.05, 0.1) is 24.0 Å². The number of hydrogen-bond acceptors (Lipinski definition) is 7. The van der Waals surface area contributed by atoms with Crippen molar-refractivity contribution >= 4 is 35.2 Å². The van der Waals surface area contributed by atoms with Crippen LogP contribution in [0, 0.1) is 6.92 Å². The van der Waals surface area contributed by atoms with Crippen molar-refractivity contribution in [3.8, 4) is 0 Å². The first-order valence-corrected chi connectivity index (χ1v) is 11.7. The van der Waals surface area contributed by atoms with E-state index in [9.17, 15) is 14.4 Å². The average molecular weight is 482 g/mol. The van der Waals surface area contributed by atoms with E-state index >= 15 is 0 Å². The molecule has 0 atom stereocenters. The minimum atomic E-state index is -0.443. The van der Waals surface area contributed by atoms with Gasteiger partial charge in [-0.2, -0.15) is 0 Å². The van der Waals surface area contributed by atoms with Gasteiger partial charge in [0, 0.05) is 18.3 Å². The van der Waals surface area contributed by atoms with Crippen molar-refractivity contribution in [1.29, 1.82) is 0 Å². The highest BCUT2D eigenvalue weighted by molar-refractivity contribution is 7.99. The molecule has 0 aliphatic heterocycles. The number of carbonyl (C=O) groups excluding carboxylic acids is 3. The van der Waals surface area contributed by atoms with Gasteiger partial charge in [-0.3, -0.25) is 9.59 Å². The Balaban J connectivity index is 1.52. The quantitative estimate of drug-likeness (QED) is 0.356. The van der Waals surface area contributed by atoms with Gasteiger partial charge in [0.15, 0.2) is 11.0 Å². The number of thioether (sulfide) groups is 1. The smallest absolute Gasteiger partial charge is 0.338 e. The highest BCUT2D eigenvalue weighted by atomic mass is 32.2. The summed E-state index contributed by atoms with van der Waals surface area (Å²) in [5, 5.41) is 14.4. The molecule has 1 aromatic heterocycles. The molecular weight excluding hydrogens is 454 g/mol. The summed E-state index contributed by atoms with van der Waals surface area (Å²) in [6, 6.07) is 13.9. The molecule has 0 unspecified atom stereocenters. The Bertz CT molecular complexity index is 1190. The summed E-state index contributed by atoms with van der Waals surface area (Å²) in [6.07, 6.45) is -0.228. The molecule has 2 N–H and O–H groups in total. The SMILES string of the molecule is Cc1cccc(C(=O)NCc2nnc(SCC(=O)Nc3cccc(C(=O)OC(C)C)c3)n2C)c1. The molecule has 178 valence electrons. The fourth-order valence-corrected chi connectivity index (χ4v) is 3.74. The van der Waals surface area contributed by atoms with E-state index in [0.29, 0.717) is 27.8 Å². The molecule has 0 saturated carbocycles. The van der Waals surface area contributed by atoms with Crippen LogP contribution in [0.2, 0.25) is 0 Å². The molecule has 0 aliphatic carbocycles. The van der Waals surface area contributed by atoms with Crippen LogP contribution in [0.15, 0.2) is 53.7 Å². The van der Waals surface area contributed by atoms with Crippen molar-refractivity contribution in [2.24, 2.45) is 7.05 Å². The molecule has 3 aromatic rings. The Morgan fingerprint density at radius 2 is 1.79 bits per heavy atom. The third-order valence-electron chi connectivity index (χ3n) is 4.67. The number of aryl methyl sites for hydroxylation is 1. The van der Waals surface area contributed by atoms with Crippen molar-refractivity contribution in [1.82, 2.24) is 20.1 Å². The van der Waals surface area contributed by atoms with Crippen LogP contribution >= 0.6 is 11.8 Å². The molecule has 0 fully saturated rings. The van der Waals surface area contributed by atoms with Crippen molar-refractivity contribution in [2.45, 2.75) is 38.6 Å². The fourth-order valence-electron chi connectivity index (χ4n) is 3.01. The van der Waals surface area contributed by atoms with Gasteiger partial charge in [-0.1, -0.05) is 35.5 Å². The zero-order valence-corrected chi connectivity index (χ0v) is 20.3. The van der Waals surface area contributed by atoms with E-state index in [-0.39, 0.29) is 30.2 Å². The topological polar surface area (TPSA) is 115 Å². The van der Waals surface area contributed by atoms with Crippen LogP contribution in [0.4, 0.5) is 5.69 Å². The number of rotatable bonds is 9. The second-order valence-corrected chi connectivity index (χ2v) is 8.82. The van der Waals surface area contributed by atoms with Crippen LogP contribution in [0.5, 0.6) is 0 Å². The number of esters is 1. The normalized spacial score (nSPS) is 10.7. The molecule has 10 heteroatoms. The molecule has 34 heavy (non-hydrogen) atoms. The number of amides is 2. The molecule has 0 radical (unpaired) electrons. The van der Waals surface area contributed by atoms with Gasteiger partial charge in [-0.15, -0.1) is 10.2 Å². The molecule has 1 heterocycles.